The average molecular weight is 262 g/mol. The van der Waals surface area contributed by atoms with E-state index in [2.05, 4.69) is 6.92 Å². The molecule has 0 nitrogen and oxygen atoms in total. The van der Waals surface area contributed by atoms with Crippen molar-refractivity contribution in [3.63, 3.8) is 0 Å². The molecule has 0 saturated heterocycles. The molecule has 3 aliphatic rings. The number of hydrogen-bond donors (Lipinski definition) is 0. The van der Waals surface area contributed by atoms with Crippen LogP contribution >= 0.6 is 0 Å². The second kappa shape index (κ2) is 6.64. The average Bonchev–Trinajstić information content (AvgIpc) is 2.47. The van der Waals surface area contributed by atoms with Crippen LogP contribution in [-0.4, -0.2) is 0 Å². The molecule has 3 aliphatic carbocycles. The summed E-state index contributed by atoms with van der Waals surface area (Å²) in [5, 5.41) is 0. The third kappa shape index (κ3) is 3.19. The minimum atomic E-state index is 1.10. The highest BCUT2D eigenvalue weighted by atomic mass is 14.5. The van der Waals surface area contributed by atoms with Crippen LogP contribution in [0.15, 0.2) is 0 Å². The Kier molecular flexibility index (Phi) is 4.87. The van der Waals surface area contributed by atoms with Gasteiger partial charge in [0.25, 0.3) is 0 Å². The summed E-state index contributed by atoms with van der Waals surface area (Å²) in [5.41, 5.74) is 0. The molecule has 0 spiro atoms. The highest BCUT2D eigenvalue weighted by Crippen LogP contribution is 2.52. The molecule has 0 aromatic rings. The van der Waals surface area contributed by atoms with Crippen LogP contribution in [0.4, 0.5) is 0 Å². The molecule has 0 aromatic carbocycles. The van der Waals surface area contributed by atoms with Crippen molar-refractivity contribution in [1.29, 1.82) is 0 Å². The predicted molar refractivity (Wildman–Crippen MR) is 83.1 cm³/mol. The lowest BCUT2D eigenvalue weighted by Gasteiger charge is -2.49. The topological polar surface area (TPSA) is 0 Å². The lowest BCUT2D eigenvalue weighted by molar-refractivity contribution is 0.0101. The third-order valence-corrected chi connectivity index (χ3v) is 6.79. The maximum absolute atomic E-state index is 2.33. The van der Waals surface area contributed by atoms with Crippen molar-refractivity contribution in [3.05, 3.63) is 0 Å². The van der Waals surface area contributed by atoms with Crippen molar-refractivity contribution >= 4 is 0 Å². The van der Waals surface area contributed by atoms with E-state index in [9.17, 15) is 0 Å². The highest BCUT2D eigenvalue weighted by Gasteiger charge is 2.42. The quantitative estimate of drug-likeness (QED) is 0.529. The summed E-state index contributed by atoms with van der Waals surface area (Å²) >= 11 is 0. The van der Waals surface area contributed by atoms with Crippen molar-refractivity contribution in [2.75, 3.05) is 0 Å². The first-order chi connectivity index (χ1) is 9.38. The fourth-order valence-electron chi connectivity index (χ4n) is 5.81. The first kappa shape index (κ1) is 14.0. The zero-order valence-corrected chi connectivity index (χ0v) is 13.1. The van der Waals surface area contributed by atoms with Crippen molar-refractivity contribution in [3.8, 4) is 0 Å². The molecule has 5 atom stereocenters. The van der Waals surface area contributed by atoms with Gasteiger partial charge in [-0.2, -0.15) is 0 Å². The Hall–Kier alpha value is 0. The molecule has 19 heavy (non-hydrogen) atoms. The molecule has 0 bridgehead atoms. The molecule has 0 heteroatoms. The highest BCUT2D eigenvalue weighted by molar-refractivity contribution is 4.92. The van der Waals surface area contributed by atoms with Gasteiger partial charge in [0.15, 0.2) is 0 Å². The maximum Gasteiger partial charge on any atom is -0.0355 e. The Bertz CT molecular complexity index is 269. The van der Waals surface area contributed by atoms with Crippen LogP contribution in [0.2, 0.25) is 0 Å². The second-order valence-corrected chi connectivity index (χ2v) is 7.88. The molecule has 0 aliphatic heterocycles. The smallest absolute Gasteiger partial charge is 0.0355 e. The van der Waals surface area contributed by atoms with E-state index in [4.69, 9.17) is 0 Å². The van der Waals surface area contributed by atoms with Gasteiger partial charge >= 0.3 is 0 Å². The fourth-order valence-corrected chi connectivity index (χ4v) is 5.81. The van der Waals surface area contributed by atoms with Crippen LogP contribution in [0, 0.1) is 29.6 Å². The molecular weight excluding hydrogens is 228 g/mol. The number of unbranched alkanes of at least 4 members (excludes halogenated alkanes) is 2. The first-order valence-corrected chi connectivity index (χ1v) is 9.38. The summed E-state index contributed by atoms with van der Waals surface area (Å²) < 4.78 is 0. The Morgan fingerprint density at radius 3 is 2.42 bits per heavy atom. The van der Waals surface area contributed by atoms with Gasteiger partial charge in [-0.1, -0.05) is 58.3 Å². The standard InChI is InChI=1S/C19H34/c1-2-3-4-7-15-10-13-19-17(14-15)12-11-16-8-5-6-9-18(16)19/h15-19H,2-14H2,1H3/t15-,16?,17?,18?,19?/m0/s1. The summed E-state index contributed by atoms with van der Waals surface area (Å²) in [7, 11) is 0. The molecule has 3 rings (SSSR count). The van der Waals surface area contributed by atoms with Crippen LogP contribution in [-0.2, 0) is 0 Å². The largest absolute Gasteiger partial charge is 0.0654 e. The summed E-state index contributed by atoms with van der Waals surface area (Å²) in [5.74, 6) is 5.70. The SMILES string of the molecule is CCCCC[C@H]1CCC2C(CCC3CCCCC32)C1. The van der Waals surface area contributed by atoms with E-state index >= 15 is 0 Å². The molecule has 0 heterocycles. The molecule has 0 aromatic heterocycles. The van der Waals surface area contributed by atoms with Crippen LogP contribution in [0.1, 0.15) is 90.4 Å². The van der Waals surface area contributed by atoms with E-state index < -0.39 is 0 Å². The molecule has 0 radical (unpaired) electrons. The normalized spacial score (nSPS) is 42.5. The van der Waals surface area contributed by atoms with Gasteiger partial charge in [-0.25, -0.2) is 0 Å². The van der Waals surface area contributed by atoms with E-state index in [1.54, 1.807) is 57.8 Å². The van der Waals surface area contributed by atoms with E-state index in [0.29, 0.717) is 0 Å². The summed E-state index contributed by atoms with van der Waals surface area (Å²) in [6, 6.07) is 0. The lowest BCUT2D eigenvalue weighted by atomic mass is 9.56. The van der Waals surface area contributed by atoms with Crippen LogP contribution in [0.25, 0.3) is 0 Å². The minimum Gasteiger partial charge on any atom is -0.0654 e. The predicted octanol–water partition coefficient (Wildman–Crippen LogP) is 6.20. The minimum absolute atomic E-state index is 1.10. The molecule has 3 fully saturated rings. The number of rotatable bonds is 4. The van der Waals surface area contributed by atoms with E-state index in [1.165, 1.54) is 25.7 Å². The summed E-state index contributed by atoms with van der Waals surface area (Å²) in [6.07, 6.45) is 20.1. The van der Waals surface area contributed by atoms with E-state index in [-0.39, 0.29) is 0 Å². The molecule has 110 valence electrons. The molecular formula is C19H34. The van der Waals surface area contributed by atoms with Crippen LogP contribution in [0.5, 0.6) is 0 Å². The van der Waals surface area contributed by atoms with Crippen molar-refractivity contribution in [2.45, 2.75) is 90.4 Å². The first-order valence-electron chi connectivity index (χ1n) is 9.38. The molecule has 0 amide bonds. The zero-order valence-electron chi connectivity index (χ0n) is 13.1. The van der Waals surface area contributed by atoms with Gasteiger partial charge in [0.1, 0.15) is 0 Å². The molecule has 0 N–H and O–H groups in total. The van der Waals surface area contributed by atoms with Crippen molar-refractivity contribution in [1.82, 2.24) is 0 Å². The molecule has 3 saturated carbocycles. The van der Waals surface area contributed by atoms with Crippen molar-refractivity contribution in [2.24, 2.45) is 29.6 Å². The fraction of sp³-hybridized carbons (Fsp3) is 1.00. The summed E-state index contributed by atoms with van der Waals surface area (Å²) in [4.78, 5) is 0. The zero-order chi connectivity index (χ0) is 13.1. The van der Waals surface area contributed by atoms with Gasteiger partial charge in [-0.05, 0) is 61.7 Å². The Labute approximate surface area is 120 Å². The maximum atomic E-state index is 2.33. The summed E-state index contributed by atoms with van der Waals surface area (Å²) in [6.45, 7) is 2.33. The Morgan fingerprint density at radius 2 is 1.53 bits per heavy atom. The monoisotopic (exact) mass is 262 g/mol. The Morgan fingerprint density at radius 1 is 0.737 bits per heavy atom. The van der Waals surface area contributed by atoms with Gasteiger partial charge in [0.2, 0.25) is 0 Å². The lowest BCUT2D eigenvalue weighted by Crippen LogP contribution is -2.40. The number of hydrogen-bond acceptors (Lipinski definition) is 0. The Balaban J connectivity index is 1.52. The van der Waals surface area contributed by atoms with Gasteiger partial charge < -0.3 is 0 Å². The van der Waals surface area contributed by atoms with Gasteiger partial charge in [0.05, 0.1) is 0 Å². The van der Waals surface area contributed by atoms with E-state index in [0.717, 1.165) is 29.6 Å². The third-order valence-electron chi connectivity index (χ3n) is 6.79. The van der Waals surface area contributed by atoms with E-state index in [1.807, 2.05) is 0 Å². The van der Waals surface area contributed by atoms with Gasteiger partial charge in [0, 0.05) is 0 Å². The van der Waals surface area contributed by atoms with Crippen molar-refractivity contribution < 1.29 is 0 Å². The van der Waals surface area contributed by atoms with Gasteiger partial charge in [-0.15, -0.1) is 0 Å². The van der Waals surface area contributed by atoms with Crippen LogP contribution < -0.4 is 0 Å². The number of fused-ring (bicyclic) bond motifs is 3. The molecule has 4 unspecified atom stereocenters. The van der Waals surface area contributed by atoms with Gasteiger partial charge in [-0.3, -0.25) is 0 Å². The second-order valence-electron chi connectivity index (χ2n) is 7.88. The van der Waals surface area contributed by atoms with Crippen LogP contribution in [0.3, 0.4) is 0 Å².